The standard InChI is InChI=1S/C17H17N3S/c1-2-4-15-10(3-1)7-16(21-15)14-9-18-17(20-14)12-8-11-5-6-13(12)19-11/h1-4,7,9,11-13,19H,5-6,8H2,(H,18,20). The number of nitrogens with zero attached hydrogens (tertiary/aromatic N) is 1. The van der Waals surface area contributed by atoms with Crippen molar-refractivity contribution in [3.8, 4) is 10.6 Å². The number of thiophene rings is 1. The molecule has 21 heavy (non-hydrogen) atoms. The first-order chi connectivity index (χ1) is 10.4. The Kier molecular flexibility index (Phi) is 2.52. The third kappa shape index (κ3) is 1.86. The van der Waals surface area contributed by atoms with E-state index in [9.17, 15) is 0 Å². The van der Waals surface area contributed by atoms with Crippen LogP contribution in [-0.4, -0.2) is 22.1 Å². The molecule has 2 saturated heterocycles. The minimum absolute atomic E-state index is 0.576. The van der Waals surface area contributed by atoms with Gasteiger partial charge in [0.05, 0.1) is 16.8 Å². The van der Waals surface area contributed by atoms with Gasteiger partial charge in [-0.25, -0.2) is 4.98 Å². The van der Waals surface area contributed by atoms with E-state index in [0.717, 1.165) is 11.7 Å². The van der Waals surface area contributed by atoms with E-state index in [-0.39, 0.29) is 0 Å². The zero-order chi connectivity index (χ0) is 13.8. The quantitative estimate of drug-likeness (QED) is 0.753. The summed E-state index contributed by atoms with van der Waals surface area (Å²) in [6.45, 7) is 0. The normalized spacial score (nSPS) is 27.7. The highest BCUT2D eigenvalue weighted by molar-refractivity contribution is 7.22. The zero-order valence-electron chi connectivity index (χ0n) is 11.7. The number of fused-ring (bicyclic) bond motifs is 3. The number of H-pyrrole nitrogens is 1. The zero-order valence-corrected chi connectivity index (χ0v) is 12.5. The van der Waals surface area contributed by atoms with Gasteiger partial charge in [-0.1, -0.05) is 18.2 Å². The second-order valence-corrected chi connectivity index (χ2v) is 7.30. The summed E-state index contributed by atoms with van der Waals surface area (Å²) in [6, 6.07) is 12.2. The summed E-state index contributed by atoms with van der Waals surface area (Å²) in [6.07, 6.45) is 5.88. The number of benzene rings is 1. The van der Waals surface area contributed by atoms with Crippen LogP contribution in [0.25, 0.3) is 20.7 Å². The fraction of sp³-hybridized carbons (Fsp3) is 0.353. The number of hydrogen-bond acceptors (Lipinski definition) is 3. The molecule has 0 saturated carbocycles. The van der Waals surface area contributed by atoms with Gasteiger partial charge in [-0.2, -0.15) is 0 Å². The summed E-state index contributed by atoms with van der Waals surface area (Å²) in [5.41, 5.74) is 1.16. The molecule has 3 aromatic rings. The Labute approximate surface area is 127 Å². The van der Waals surface area contributed by atoms with E-state index in [1.165, 1.54) is 40.1 Å². The van der Waals surface area contributed by atoms with Gasteiger partial charge in [-0.3, -0.25) is 0 Å². The maximum atomic E-state index is 4.67. The molecule has 3 atom stereocenters. The molecule has 0 radical (unpaired) electrons. The fourth-order valence-corrected chi connectivity index (χ4v) is 4.92. The van der Waals surface area contributed by atoms with E-state index >= 15 is 0 Å². The maximum Gasteiger partial charge on any atom is 0.111 e. The average molecular weight is 295 g/mol. The predicted octanol–water partition coefficient (Wildman–Crippen LogP) is 3.90. The molecule has 0 amide bonds. The third-order valence-electron chi connectivity index (χ3n) is 4.94. The highest BCUT2D eigenvalue weighted by Gasteiger charge is 2.41. The molecule has 4 heterocycles. The largest absolute Gasteiger partial charge is 0.341 e. The van der Waals surface area contributed by atoms with Crippen LogP contribution >= 0.6 is 11.3 Å². The van der Waals surface area contributed by atoms with E-state index in [2.05, 4.69) is 45.6 Å². The van der Waals surface area contributed by atoms with Crippen molar-refractivity contribution in [1.29, 1.82) is 0 Å². The van der Waals surface area contributed by atoms with Crippen molar-refractivity contribution in [2.24, 2.45) is 0 Å². The van der Waals surface area contributed by atoms with Gasteiger partial charge in [0.15, 0.2) is 0 Å². The summed E-state index contributed by atoms with van der Waals surface area (Å²) in [7, 11) is 0. The lowest BCUT2D eigenvalue weighted by molar-refractivity contribution is 0.490. The summed E-state index contributed by atoms with van der Waals surface area (Å²) in [5.74, 6) is 1.74. The summed E-state index contributed by atoms with van der Waals surface area (Å²) in [4.78, 5) is 9.53. The molecule has 0 spiro atoms. The van der Waals surface area contributed by atoms with Gasteiger partial charge >= 0.3 is 0 Å². The fourth-order valence-electron chi connectivity index (χ4n) is 3.89. The molecule has 4 heteroatoms. The lowest BCUT2D eigenvalue weighted by Crippen LogP contribution is -2.22. The number of imidazole rings is 1. The lowest BCUT2D eigenvalue weighted by atomic mass is 9.89. The van der Waals surface area contributed by atoms with Crippen molar-refractivity contribution in [1.82, 2.24) is 15.3 Å². The molecule has 2 fully saturated rings. The van der Waals surface area contributed by atoms with Gasteiger partial charge in [0.1, 0.15) is 5.82 Å². The van der Waals surface area contributed by atoms with Crippen molar-refractivity contribution in [3.05, 3.63) is 42.4 Å². The average Bonchev–Trinajstić information content (AvgIpc) is 3.27. The number of aromatic nitrogens is 2. The first-order valence-electron chi connectivity index (χ1n) is 7.67. The maximum absolute atomic E-state index is 4.67. The van der Waals surface area contributed by atoms with Crippen LogP contribution < -0.4 is 5.32 Å². The molecule has 0 aliphatic carbocycles. The molecule has 1 aromatic carbocycles. The Morgan fingerprint density at radius 3 is 2.95 bits per heavy atom. The molecular formula is C17H17N3S. The van der Waals surface area contributed by atoms with Crippen molar-refractivity contribution in [3.63, 3.8) is 0 Å². The van der Waals surface area contributed by atoms with Crippen molar-refractivity contribution in [2.75, 3.05) is 0 Å². The van der Waals surface area contributed by atoms with E-state index in [4.69, 9.17) is 0 Å². The Morgan fingerprint density at radius 2 is 2.14 bits per heavy atom. The molecule has 2 N–H and O–H groups in total. The van der Waals surface area contributed by atoms with Crippen LogP contribution in [0.4, 0.5) is 0 Å². The molecule has 2 aromatic heterocycles. The Balaban J connectivity index is 1.50. The van der Waals surface area contributed by atoms with Gasteiger partial charge in [0.2, 0.25) is 0 Å². The Hall–Kier alpha value is -1.65. The second kappa shape index (κ2) is 4.42. The number of rotatable bonds is 2. The second-order valence-electron chi connectivity index (χ2n) is 6.22. The van der Waals surface area contributed by atoms with Crippen LogP contribution in [0.15, 0.2) is 36.5 Å². The van der Waals surface area contributed by atoms with E-state index < -0.39 is 0 Å². The monoisotopic (exact) mass is 295 g/mol. The van der Waals surface area contributed by atoms with Gasteiger partial charge in [0.25, 0.3) is 0 Å². The first kappa shape index (κ1) is 12.0. The highest BCUT2D eigenvalue weighted by Crippen LogP contribution is 2.40. The van der Waals surface area contributed by atoms with E-state index in [1.54, 1.807) is 0 Å². The summed E-state index contributed by atoms with van der Waals surface area (Å²) < 4.78 is 1.34. The molecule has 106 valence electrons. The molecule has 2 aliphatic heterocycles. The van der Waals surface area contributed by atoms with Crippen LogP contribution in [-0.2, 0) is 0 Å². The first-order valence-corrected chi connectivity index (χ1v) is 8.48. The van der Waals surface area contributed by atoms with Gasteiger partial charge in [0, 0.05) is 22.7 Å². The van der Waals surface area contributed by atoms with E-state index in [0.29, 0.717) is 12.0 Å². The van der Waals surface area contributed by atoms with Gasteiger partial charge in [-0.05, 0) is 36.8 Å². The number of nitrogens with one attached hydrogen (secondary N) is 2. The minimum Gasteiger partial charge on any atom is -0.341 e. The molecule has 2 bridgehead atoms. The molecule has 3 unspecified atom stereocenters. The van der Waals surface area contributed by atoms with Crippen LogP contribution in [0.3, 0.4) is 0 Å². The lowest BCUT2D eigenvalue weighted by Gasteiger charge is -2.17. The number of aromatic amines is 1. The number of hydrogen-bond donors (Lipinski definition) is 2. The summed E-state index contributed by atoms with van der Waals surface area (Å²) >= 11 is 1.83. The Bertz CT molecular complexity index is 770. The van der Waals surface area contributed by atoms with Crippen LogP contribution in [0.1, 0.15) is 31.0 Å². The highest BCUT2D eigenvalue weighted by atomic mass is 32.1. The summed E-state index contributed by atoms with van der Waals surface area (Å²) in [5, 5.41) is 5.00. The van der Waals surface area contributed by atoms with Crippen LogP contribution in [0, 0.1) is 0 Å². The van der Waals surface area contributed by atoms with Crippen molar-refractivity contribution in [2.45, 2.75) is 37.3 Å². The molecule has 2 aliphatic rings. The smallest absolute Gasteiger partial charge is 0.111 e. The molecule has 3 nitrogen and oxygen atoms in total. The topological polar surface area (TPSA) is 40.7 Å². The van der Waals surface area contributed by atoms with Gasteiger partial charge < -0.3 is 10.3 Å². The van der Waals surface area contributed by atoms with Crippen LogP contribution in [0.5, 0.6) is 0 Å². The van der Waals surface area contributed by atoms with E-state index in [1.807, 2.05) is 17.5 Å². The predicted molar refractivity (Wildman–Crippen MR) is 86.7 cm³/mol. The SMILES string of the molecule is c1ccc2sc(-c3cnc(C4CC5CCC4N5)[nH]3)cc2c1. The third-order valence-corrected chi connectivity index (χ3v) is 6.09. The molecular weight excluding hydrogens is 278 g/mol. The van der Waals surface area contributed by atoms with Crippen molar-refractivity contribution >= 4 is 21.4 Å². The minimum atomic E-state index is 0.576. The van der Waals surface area contributed by atoms with Gasteiger partial charge in [-0.15, -0.1) is 11.3 Å². The Morgan fingerprint density at radius 1 is 1.19 bits per heavy atom. The molecule has 5 rings (SSSR count). The van der Waals surface area contributed by atoms with Crippen molar-refractivity contribution < 1.29 is 0 Å². The van der Waals surface area contributed by atoms with Crippen LogP contribution in [0.2, 0.25) is 0 Å².